The van der Waals surface area contributed by atoms with Gasteiger partial charge in [0.15, 0.2) is 11.5 Å². The van der Waals surface area contributed by atoms with E-state index in [-0.39, 0.29) is 25.6 Å². The Bertz CT molecular complexity index is 1090. The van der Waals surface area contributed by atoms with Crippen molar-refractivity contribution < 1.29 is 38.1 Å². The van der Waals surface area contributed by atoms with Crippen molar-refractivity contribution in [3.63, 3.8) is 0 Å². The highest BCUT2D eigenvalue weighted by atomic mass is 35.5. The number of hydrogen-bond acceptors (Lipinski definition) is 10. The standard InChI is InChI=1S/C24H31N3O8S.ClH/c1-23(2,3)22(31)35-11-34-21(30)17-24(4,5)36-20-15(19(29)27(17)20)26-18(28)13(25)9-12-7-6-8-14-16(12)33-10-32-14;/h6-8,13,15,17,20H,9-11,25H2,1-5H3,(H,26,28);1H/t13?,15-,17+,20-;/m1./s1. The van der Waals surface area contributed by atoms with Gasteiger partial charge in [0.05, 0.1) is 11.5 Å². The molecule has 3 aliphatic rings. The Kier molecular flexibility index (Phi) is 8.25. The molecule has 3 aliphatic heterocycles. The van der Waals surface area contributed by atoms with Crippen LogP contribution in [-0.2, 0) is 35.1 Å². The van der Waals surface area contributed by atoms with Crippen LogP contribution in [0.5, 0.6) is 11.5 Å². The molecule has 37 heavy (non-hydrogen) atoms. The first-order chi connectivity index (χ1) is 16.8. The molecule has 1 aromatic carbocycles. The van der Waals surface area contributed by atoms with Crippen molar-refractivity contribution in [2.24, 2.45) is 11.1 Å². The number of carbonyl (C=O) groups is 4. The fraction of sp³-hybridized carbons (Fsp3) is 0.583. The maximum Gasteiger partial charge on any atom is 0.333 e. The predicted octanol–water partition coefficient (Wildman–Crippen LogP) is 1.34. The summed E-state index contributed by atoms with van der Waals surface area (Å²) >= 11 is 1.39. The number of nitrogens with two attached hydrogens (primary N) is 1. The van der Waals surface area contributed by atoms with Crippen molar-refractivity contribution in [2.45, 2.75) is 69.3 Å². The van der Waals surface area contributed by atoms with Crippen LogP contribution in [0.2, 0.25) is 0 Å². The summed E-state index contributed by atoms with van der Waals surface area (Å²) < 4.78 is 20.3. The lowest BCUT2D eigenvalue weighted by Gasteiger charge is -2.44. The number of nitrogens with zero attached hydrogens (tertiary/aromatic N) is 1. The van der Waals surface area contributed by atoms with Gasteiger partial charge in [0, 0.05) is 16.7 Å². The van der Waals surface area contributed by atoms with Gasteiger partial charge in [-0.05, 0) is 40.7 Å². The Hall–Kier alpha value is -2.70. The number of esters is 2. The number of ether oxygens (including phenoxy) is 4. The molecule has 1 aromatic rings. The predicted molar refractivity (Wildman–Crippen MR) is 136 cm³/mol. The smallest absolute Gasteiger partial charge is 0.333 e. The van der Waals surface area contributed by atoms with Crippen molar-refractivity contribution in [1.82, 2.24) is 10.2 Å². The SMILES string of the molecule is CC(C)(C)C(=O)OCOC(=O)[C@@H]1N2C(=O)[C@@H](NC(=O)C(N)Cc3cccc4c3OCO4)[C@H]2SC1(C)C.Cl. The number of amides is 2. The number of benzene rings is 1. The second kappa shape index (κ2) is 10.6. The Morgan fingerprint density at radius 1 is 1.24 bits per heavy atom. The van der Waals surface area contributed by atoms with Crippen molar-refractivity contribution in [3.05, 3.63) is 23.8 Å². The van der Waals surface area contributed by atoms with Crippen molar-refractivity contribution in [3.8, 4) is 11.5 Å². The normalized spacial score (nSPS) is 23.8. The van der Waals surface area contributed by atoms with Crippen LogP contribution >= 0.6 is 24.2 Å². The van der Waals surface area contributed by atoms with Gasteiger partial charge >= 0.3 is 11.9 Å². The second-order valence-electron chi connectivity index (χ2n) is 10.5. The van der Waals surface area contributed by atoms with E-state index >= 15 is 0 Å². The van der Waals surface area contributed by atoms with Gasteiger partial charge in [-0.25, -0.2) is 4.79 Å². The number of para-hydroxylation sites is 1. The molecular weight excluding hydrogens is 526 g/mol. The van der Waals surface area contributed by atoms with Crippen LogP contribution in [0.15, 0.2) is 18.2 Å². The average molecular weight is 558 g/mol. The highest BCUT2D eigenvalue weighted by Crippen LogP contribution is 2.51. The summed E-state index contributed by atoms with van der Waals surface area (Å²) in [5.41, 5.74) is 6.14. The van der Waals surface area contributed by atoms with Gasteiger partial charge in [0.25, 0.3) is 0 Å². The quantitative estimate of drug-likeness (QED) is 0.286. The van der Waals surface area contributed by atoms with Crippen molar-refractivity contribution >= 4 is 47.9 Å². The van der Waals surface area contributed by atoms with Gasteiger partial charge < -0.3 is 34.9 Å². The topological polar surface area (TPSA) is 146 Å². The average Bonchev–Trinajstić information content (AvgIpc) is 3.37. The Balaban J connectivity index is 0.00000380. The van der Waals surface area contributed by atoms with E-state index in [9.17, 15) is 19.2 Å². The summed E-state index contributed by atoms with van der Waals surface area (Å²) in [6, 6.07) is 2.75. The Morgan fingerprint density at radius 3 is 2.62 bits per heavy atom. The monoisotopic (exact) mass is 557 g/mol. The van der Waals surface area contributed by atoms with Crippen LogP contribution in [0.1, 0.15) is 40.2 Å². The number of thioether (sulfide) groups is 1. The van der Waals surface area contributed by atoms with E-state index in [1.807, 2.05) is 13.8 Å². The number of rotatable bonds is 7. The number of halogens is 1. The molecule has 2 amide bonds. The molecule has 0 radical (unpaired) electrons. The van der Waals surface area contributed by atoms with Crippen LogP contribution in [0, 0.1) is 5.41 Å². The molecule has 3 N–H and O–H groups in total. The third kappa shape index (κ3) is 5.60. The molecule has 13 heteroatoms. The largest absolute Gasteiger partial charge is 0.454 e. The molecule has 4 atom stereocenters. The van der Waals surface area contributed by atoms with Gasteiger partial charge in [-0.3, -0.25) is 14.4 Å². The Labute approximate surface area is 225 Å². The minimum Gasteiger partial charge on any atom is -0.454 e. The highest BCUT2D eigenvalue weighted by molar-refractivity contribution is 8.01. The highest BCUT2D eigenvalue weighted by Gasteiger charge is 2.64. The van der Waals surface area contributed by atoms with Crippen LogP contribution in [-0.4, -0.2) is 70.5 Å². The Morgan fingerprint density at radius 2 is 1.95 bits per heavy atom. The second-order valence-corrected chi connectivity index (χ2v) is 12.2. The zero-order valence-corrected chi connectivity index (χ0v) is 22.9. The van der Waals surface area contributed by atoms with Crippen molar-refractivity contribution in [2.75, 3.05) is 13.6 Å². The van der Waals surface area contributed by atoms with Gasteiger partial charge in [0.2, 0.25) is 25.4 Å². The molecule has 0 aliphatic carbocycles. The zero-order valence-electron chi connectivity index (χ0n) is 21.3. The maximum atomic E-state index is 13.0. The molecule has 2 saturated heterocycles. The fourth-order valence-electron chi connectivity index (χ4n) is 4.30. The molecular formula is C24H32ClN3O8S. The number of β-lactam (4-membered cyclic amide) rings is 1. The van der Waals surface area contributed by atoms with E-state index < -0.39 is 64.2 Å². The van der Waals surface area contributed by atoms with E-state index in [1.165, 1.54) is 16.7 Å². The first-order valence-corrected chi connectivity index (χ1v) is 12.5. The van der Waals surface area contributed by atoms with E-state index in [4.69, 9.17) is 24.7 Å². The molecule has 0 aromatic heterocycles. The van der Waals surface area contributed by atoms with Crippen LogP contribution in [0.25, 0.3) is 0 Å². The molecule has 0 saturated carbocycles. The van der Waals surface area contributed by atoms with E-state index in [0.29, 0.717) is 11.5 Å². The van der Waals surface area contributed by atoms with Crippen LogP contribution in [0.4, 0.5) is 0 Å². The van der Waals surface area contributed by atoms with E-state index in [2.05, 4.69) is 5.32 Å². The molecule has 2 fully saturated rings. The number of nitrogens with one attached hydrogen (secondary N) is 1. The van der Waals surface area contributed by atoms with E-state index in [1.54, 1.807) is 39.0 Å². The van der Waals surface area contributed by atoms with Crippen molar-refractivity contribution in [1.29, 1.82) is 0 Å². The van der Waals surface area contributed by atoms with Gasteiger partial charge in [-0.2, -0.15) is 0 Å². The number of carbonyl (C=O) groups excluding carboxylic acids is 4. The fourth-order valence-corrected chi connectivity index (χ4v) is 5.93. The third-order valence-electron chi connectivity index (χ3n) is 6.22. The molecule has 3 heterocycles. The molecule has 11 nitrogen and oxygen atoms in total. The summed E-state index contributed by atoms with van der Waals surface area (Å²) in [4.78, 5) is 51.9. The van der Waals surface area contributed by atoms with Gasteiger partial charge in [-0.1, -0.05) is 12.1 Å². The lowest BCUT2D eigenvalue weighted by molar-refractivity contribution is -0.180. The minimum absolute atomic E-state index is 0. The molecule has 1 unspecified atom stereocenters. The molecule has 204 valence electrons. The van der Waals surface area contributed by atoms with Crippen LogP contribution in [0.3, 0.4) is 0 Å². The van der Waals surface area contributed by atoms with Crippen LogP contribution < -0.4 is 20.5 Å². The van der Waals surface area contributed by atoms with E-state index in [0.717, 1.165) is 5.56 Å². The maximum absolute atomic E-state index is 13.0. The number of hydrogen-bond donors (Lipinski definition) is 2. The summed E-state index contributed by atoms with van der Waals surface area (Å²) in [5, 5.41) is 2.28. The zero-order chi connectivity index (χ0) is 26.4. The first-order valence-electron chi connectivity index (χ1n) is 11.6. The van der Waals surface area contributed by atoms with Gasteiger partial charge in [0.1, 0.15) is 17.5 Å². The lowest BCUT2D eigenvalue weighted by Crippen LogP contribution is -2.71. The minimum atomic E-state index is -0.916. The third-order valence-corrected chi connectivity index (χ3v) is 7.79. The first kappa shape index (κ1) is 28.9. The lowest BCUT2D eigenvalue weighted by atomic mass is 9.95. The molecule has 0 spiro atoms. The molecule has 0 bridgehead atoms. The summed E-state index contributed by atoms with van der Waals surface area (Å²) in [5.74, 6) is -0.902. The molecule has 4 rings (SSSR count). The summed E-state index contributed by atoms with van der Waals surface area (Å²) in [7, 11) is 0. The van der Waals surface area contributed by atoms with Gasteiger partial charge in [-0.15, -0.1) is 24.2 Å². The summed E-state index contributed by atoms with van der Waals surface area (Å²) in [6.45, 7) is 8.27. The number of fused-ring (bicyclic) bond motifs is 2. The summed E-state index contributed by atoms with van der Waals surface area (Å²) in [6.07, 6.45) is 0.203.